The van der Waals surface area contributed by atoms with Crippen LogP contribution in [-0.4, -0.2) is 93.0 Å². The zero-order chi connectivity index (χ0) is 22.7. The van der Waals surface area contributed by atoms with Crippen LogP contribution in [0.25, 0.3) is 0 Å². The Kier molecular flexibility index (Phi) is 5.87. The summed E-state index contributed by atoms with van der Waals surface area (Å²) in [4.78, 5) is 41.4. The number of carboxylic acids is 1. The number of thioether (sulfide) groups is 1. The monoisotopic (exact) mass is 452 g/mol. The molecule has 31 heavy (non-hydrogen) atoms. The maximum absolute atomic E-state index is 13.0. The van der Waals surface area contributed by atoms with Crippen molar-refractivity contribution in [1.29, 1.82) is 0 Å². The number of aliphatic carboxylic acids is 1. The van der Waals surface area contributed by atoms with Crippen LogP contribution in [0.1, 0.15) is 34.1 Å². The number of hydrogen-bond acceptors (Lipinski definition) is 7. The first-order chi connectivity index (χ1) is 14.5. The molecule has 4 rings (SSSR count). The zero-order valence-corrected chi connectivity index (χ0v) is 19.2. The molecular formula is C21H32N4O5S. The van der Waals surface area contributed by atoms with Crippen LogP contribution in [0.5, 0.6) is 0 Å². The summed E-state index contributed by atoms with van der Waals surface area (Å²) < 4.78 is 0. The van der Waals surface area contributed by atoms with Crippen LogP contribution in [0.2, 0.25) is 0 Å². The van der Waals surface area contributed by atoms with Crippen LogP contribution >= 0.6 is 11.8 Å². The lowest BCUT2D eigenvalue weighted by Crippen LogP contribution is -2.63. The van der Waals surface area contributed by atoms with Gasteiger partial charge in [0.2, 0.25) is 11.8 Å². The van der Waals surface area contributed by atoms with Gasteiger partial charge in [-0.1, -0.05) is 6.92 Å². The predicted molar refractivity (Wildman–Crippen MR) is 116 cm³/mol. The van der Waals surface area contributed by atoms with Crippen molar-refractivity contribution in [3.8, 4) is 0 Å². The minimum atomic E-state index is -1.11. The normalized spacial score (nSPS) is 35.8. The number of fused-ring (bicyclic) bond motifs is 1. The van der Waals surface area contributed by atoms with E-state index >= 15 is 0 Å². The molecule has 0 aliphatic carbocycles. The van der Waals surface area contributed by atoms with Gasteiger partial charge in [-0.3, -0.25) is 9.59 Å². The van der Waals surface area contributed by atoms with Crippen molar-refractivity contribution in [2.24, 2.45) is 11.8 Å². The van der Waals surface area contributed by atoms with Crippen LogP contribution < -0.4 is 10.6 Å². The molecule has 3 fully saturated rings. The highest BCUT2D eigenvalue weighted by atomic mass is 32.2. The van der Waals surface area contributed by atoms with Crippen molar-refractivity contribution >= 4 is 29.5 Å². The molecule has 0 radical (unpaired) electrons. The number of carbonyl (C=O) groups is 3. The van der Waals surface area contributed by atoms with E-state index < -0.39 is 18.0 Å². The number of nitrogens with zero attached hydrogens (tertiary/aromatic N) is 2. The number of piperazine rings is 1. The summed E-state index contributed by atoms with van der Waals surface area (Å²) in [6.45, 7) is 10.4. The SMILES string of the molecule is C[C@@H](O)[C@H]1C(=O)N2C(C(=O)O)=C(S[C@@H]3CN[C@H](C(=O)N4CCNC(C)(C)C4)C3)[C@H](C)[C@H]12. The standard InChI is InChI=1S/C21H32N4O5S/c1-10-15-14(11(2)26)19(28)25(15)16(20(29)30)17(10)31-12-7-13(22-8-12)18(27)24-6-5-23-21(3,4)9-24/h10-15,22-23,26H,5-9H2,1-4H3,(H,29,30)/t10-,11-,12+,13+,14-,15-/m1/s1. The molecule has 0 aromatic carbocycles. The van der Waals surface area contributed by atoms with Gasteiger partial charge in [-0.05, 0) is 27.2 Å². The van der Waals surface area contributed by atoms with Gasteiger partial charge in [0.15, 0.2) is 0 Å². The summed E-state index contributed by atoms with van der Waals surface area (Å²) in [6.07, 6.45) is -0.191. The number of rotatable bonds is 5. The van der Waals surface area contributed by atoms with Crippen LogP contribution in [-0.2, 0) is 14.4 Å². The van der Waals surface area contributed by atoms with Crippen LogP contribution in [0.15, 0.2) is 10.6 Å². The van der Waals surface area contributed by atoms with Crippen molar-refractivity contribution in [2.45, 2.75) is 63.1 Å². The van der Waals surface area contributed by atoms with E-state index in [0.29, 0.717) is 31.0 Å². The topological polar surface area (TPSA) is 122 Å². The number of aliphatic hydroxyl groups is 1. The first-order valence-electron chi connectivity index (χ1n) is 10.9. The number of β-lactam (4-membered cyclic amide) rings is 1. The Morgan fingerprint density at radius 3 is 2.65 bits per heavy atom. The number of nitrogens with one attached hydrogen (secondary N) is 2. The third kappa shape index (κ3) is 3.88. The second-order valence-corrected chi connectivity index (χ2v) is 11.1. The van der Waals surface area contributed by atoms with Crippen molar-refractivity contribution in [2.75, 3.05) is 26.2 Å². The summed E-state index contributed by atoms with van der Waals surface area (Å²) in [5.74, 6) is -2.06. The van der Waals surface area contributed by atoms with Gasteiger partial charge in [0.25, 0.3) is 0 Å². The molecule has 172 valence electrons. The Morgan fingerprint density at radius 1 is 1.32 bits per heavy atom. The lowest BCUT2D eigenvalue weighted by molar-refractivity contribution is -0.163. The largest absolute Gasteiger partial charge is 0.477 e. The van der Waals surface area contributed by atoms with Gasteiger partial charge in [0.1, 0.15) is 5.70 Å². The van der Waals surface area contributed by atoms with Crippen molar-refractivity contribution < 1.29 is 24.6 Å². The van der Waals surface area contributed by atoms with Gasteiger partial charge in [-0.15, -0.1) is 11.8 Å². The molecule has 0 aromatic heterocycles. The summed E-state index contributed by atoms with van der Waals surface area (Å²) in [5.41, 5.74) is -0.0649. The van der Waals surface area contributed by atoms with Gasteiger partial charge >= 0.3 is 5.97 Å². The van der Waals surface area contributed by atoms with Gasteiger partial charge < -0.3 is 30.6 Å². The number of carboxylic acid groups (broad SMARTS) is 1. The third-order valence-corrected chi connectivity index (χ3v) is 8.39. The maximum Gasteiger partial charge on any atom is 0.353 e. The van der Waals surface area contributed by atoms with E-state index in [1.54, 1.807) is 6.92 Å². The van der Waals surface area contributed by atoms with Gasteiger partial charge in [0, 0.05) is 47.8 Å². The Morgan fingerprint density at radius 2 is 2.03 bits per heavy atom. The summed E-state index contributed by atoms with van der Waals surface area (Å²) >= 11 is 1.47. The molecule has 0 unspecified atom stereocenters. The lowest BCUT2D eigenvalue weighted by Gasteiger charge is -2.46. The fraction of sp³-hybridized carbons (Fsp3) is 0.762. The lowest BCUT2D eigenvalue weighted by atomic mass is 9.79. The van der Waals surface area contributed by atoms with Crippen LogP contribution in [0.4, 0.5) is 0 Å². The predicted octanol–water partition coefficient (Wildman–Crippen LogP) is -0.186. The Balaban J connectivity index is 1.44. The molecule has 6 atom stereocenters. The minimum Gasteiger partial charge on any atom is -0.477 e. The second-order valence-electron chi connectivity index (χ2n) is 9.78. The molecule has 9 nitrogen and oxygen atoms in total. The van der Waals surface area contributed by atoms with Gasteiger partial charge in [-0.25, -0.2) is 4.79 Å². The molecule has 0 bridgehead atoms. The molecule has 0 aromatic rings. The minimum absolute atomic E-state index is 0.0445. The average molecular weight is 453 g/mol. The van der Waals surface area contributed by atoms with E-state index in [1.807, 2.05) is 11.8 Å². The number of amides is 2. The molecule has 4 aliphatic heterocycles. The number of carbonyl (C=O) groups excluding carboxylic acids is 2. The molecule has 4 heterocycles. The van der Waals surface area contributed by atoms with Crippen LogP contribution in [0.3, 0.4) is 0 Å². The van der Waals surface area contributed by atoms with Gasteiger partial charge in [0.05, 0.1) is 24.1 Å². The third-order valence-electron chi connectivity index (χ3n) is 6.88. The fourth-order valence-corrected chi connectivity index (χ4v) is 6.87. The molecular weight excluding hydrogens is 420 g/mol. The molecule has 2 amide bonds. The molecule has 10 heteroatoms. The first kappa shape index (κ1) is 22.6. The summed E-state index contributed by atoms with van der Waals surface area (Å²) in [7, 11) is 0. The van der Waals surface area contributed by atoms with Crippen molar-refractivity contribution in [3.63, 3.8) is 0 Å². The van der Waals surface area contributed by atoms with E-state index in [4.69, 9.17) is 0 Å². The summed E-state index contributed by atoms with van der Waals surface area (Å²) in [5, 5.41) is 26.5. The Hall–Kier alpha value is -1.62. The first-order valence-corrected chi connectivity index (χ1v) is 11.8. The molecule has 4 N–H and O–H groups in total. The zero-order valence-electron chi connectivity index (χ0n) is 18.4. The highest BCUT2D eigenvalue weighted by Gasteiger charge is 2.60. The fourth-order valence-electron chi connectivity index (χ4n) is 5.39. The molecule has 4 aliphatic rings. The van der Waals surface area contributed by atoms with Crippen molar-refractivity contribution in [1.82, 2.24) is 20.4 Å². The van der Waals surface area contributed by atoms with Gasteiger partial charge in [-0.2, -0.15) is 0 Å². The molecule has 0 saturated carbocycles. The highest BCUT2D eigenvalue weighted by molar-refractivity contribution is 8.03. The average Bonchev–Trinajstić information content (AvgIpc) is 3.22. The Bertz CT molecular complexity index is 829. The van der Waals surface area contributed by atoms with E-state index in [9.17, 15) is 24.6 Å². The van der Waals surface area contributed by atoms with E-state index in [2.05, 4.69) is 24.5 Å². The van der Waals surface area contributed by atoms with Crippen molar-refractivity contribution in [3.05, 3.63) is 10.6 Å². The van der Waals surface area contributed by atoms with E-state index in [0.717, 1.165) is 6.54 Å². The maximum atomic E-state index is 13.0. The van der Waals surface area contributed by atoms with E-state index in [-0.39, 0.29) is 46.3 Å². The summed E-state index contributed by atoms with van der Waals surface area (Å²) in [6, 6.07) is -0.586. The smallest absolute Gasteiger partial charge is 0.353 e. The quantitative estimate of drug-likeness (QED) is 0.424. The van der Waals surface area contributed by atoms with Crippen LogP contribution in [0, 0.1) is 11.8 Å². The highest BCUT2D eigenvalue weighted by Crippen LogP contribution is 2.51. The number of hydrogen-bond donors (Lipinski definition) is 4. The molecule has 3 saturated heterocycles. The van der Waals surface area contributed by atoms with E-state index in [1.165, 1.54) is 16.7 Å². The number of aliphatic hydroxyl groups excluding tert-OH is 1. The molecule has 0 spiro atoms. The Labute approximate surface area is 186 Å². The second kappa shape index (κ2) is 8.06.